The monoisotopic (exact) mass is 363 g/mol. The maximum atomic E-state index is 5.30. The molecule has 0 radical (unpaired) electrons. The average molecular weight is 363 g/mol. The van der Waals surface area contributed by atoms with Crippen LogP contribution in [0.2, 0.25) is 0 Å². The van der Waals surface area contributed by atoms with E-state index < -0.39 is 0 Å². The number of aromatic nitrogens is 4. The van der Waals surface area contributed by atoms with Gasteiger partial charge in [0.15, 0.2) is 4.34 Å². The van der Waals surface area contributed by atoms with E-state index in [1.807, 2.05) is 24.3 Å². The Bertz CT molecular complexity index is 790. The van der Waals surface area contributed by atoms with Crippen LogP contribution >= 0.6 is 23.1 Å². The fourth-order valence-electron chi connectivity index (χ4n) is 1.89. The first-order valence-corrected chi connectivity index (χ1v) is 9.26. The van der Waals surface area contributed by atoms with Crippen LogP contribution in [0.3, 0.4) is 0 Å². The van der Waals surface area contributed by atoms with Crippen molar-refractivity contribution in [3.05, 3.63) is 30.2 Å². The standard InChI is InChI=1S/C15H17N5O2S2/c1-3-7-16-14-18-19-15(24-14)23-9-12-17-13(20-22-12)10-5-4-6-11(8-10)21-2/h4-6,8H,3,7,9H2,1-2H3,(H,16,18). The number of rotatable bonds is 8. The molecular formula is C15H17N5O2S2. The van der Waals surface area contributed by atoms with E-state index in [1.165, 1.54) is 23.1 Å². The molecule has 0 bridgehead atoms. The van der Waals surface area contributed by atoms with Gasteiger partial charge in [0.2, 0.25) is 16.8 Å². The molecule has 24 heavy (non-hydrogen) atoms. The number of nitrogens with one attached hydrogen (secondary N) is 1. The summed E-state index contributed by atoms with van der Waals surface area (Å²) in [5.41, 5.74) is 0.858. The zero-order chi connectivity index (χ0) is 16.8. The van der Waals surface area contributed by atoms with Crippen molar-refractivity contribution < 1.29 is 9.26 Å². The molecule has 0 aliphatic rings. The summed E-state index contributed by atoms with van der Waals surface area (Å²) in [5.74, 6) is 2.41. The molecule has 3 aromatic rings. The first-order valence-electron chi connectivity index (χ1n) is 7.45. The minimum atomic E-state index is 0.548. The molecule has 126 valence electrons. The van der Waals surface area contributed by atoms with Gasteiger partial charge in [-0.25, -0.2) is 0 Å². The first kappa shape index (κ1) is 16.7. The SMILES string of the molecule is CCCNc1nnc(SCc2nc(-c3cccc(OC)c3)no2)s1. The van der Waals surface area contributed by atoms with Gasteiger partial charge in [0.25, 0.3) is 0 Å². The molecule has 0 saturated carbocycles. The highest BCUT2D eigenvalue weighted by atomic mass is 32.2. The van der Waals surface area contributed by atoms with Crippen LogP contribution < -0.4 is 10.1 Å². The lowest BCUT2D eigenvalue weighted by Gasteiger charge is -1.99. The van der Waals surface area contributed by atoms with E-state index in [0.717, 1.165) is 33.7 Å². The van der Waals surface area contributed by atoms with Crippen molar-refractivity contribution in [2.45, 2.75) is 23.4 Å². The van der Waals surface area contributed by atoms with Crippen molar-refractivity contribution in [1.29, 1.82) is 0 Å². The molecule has 1 N–H and O–H groups in total. The summed E-state index contributed by atoms with van der Waals surface area (Å²) in [6.07, 6.45) is 1.05. The van der Waals surface area contributed by atoms with E-state index in [4.69, 9.17) is 9.26 Å². The molecule has 0 saturated heterocycles. The second-order valence-electron chi connectivity index (χ2n) is 4.83. The molecule has 0 spiro atoms. The van der Waals surface area contributed by atoms with Crippen LogP contribution in [-0.2, 0) is 5.75 Å². The summed E-state index contributed by atoms with van der Waals surface area (Å²) in [6.45, 7) is 3.01. The Labute approximate surface area is 147 Å². The highest BCUT2D eigenvalue weighted by molar-refractivity contribution is 8.00. The summed E-state index contributed by atoms with van der Waals surface area (Å²) < 4.78 is 11.4. The lowest BCUT2D eigenvalue weighted by atomic mass is 10.2. The molecule has 0 amide bonds. The van der Waals surface area contributed by atoms with Crippen LogP contribution in [0.25, 0.3) is 11.4 Å². The Morgan fingerprint density at radius 2 is 2.25 bits per heavy atom. The van der Waals surface area contributed by atoms with Crippen LogP contribution in [0.4, 0.5) is 5.13 Å². The van der Waals surface area contributed by atoms with Crippen molar-refractivity contribution in [3.8, 4) is 17.1 Å². The van der Waals surface area contributed by atoms with Crippen LogP contribution in [0.1, 0.15) is 19.2 Å². The fourth-order valence-corrected chi connectivity index (χ4v) is 3.50. The minimum Gasteiger partial charge on any atom is -0.497 e. The molecule has 2 aromatic heterocycles. The highest BCUT2D eigenvalue weighted by Crippen LogP contribution is 2.28. The largest absolute Gasteiger partial charge is 0.497 e. The summed E-state index contributed by atoms with van der Waals surface area (Å²) in [5, 5.41) is 16.3. The molecule has 3 rings (SSSR count). The Kier molecular flexibility index (Phi) is 5.65. The topological polar surface area (TPSA) is 86.0 Å². The smallest absolute Gasteiger partial charge is 0.237 e. The highest BCUT2D eigenvalue weighted by Gasteiger charge is 2.11. The fraction of sp³-hybridized carbons (Fsp3) is 0.333. The maximum Gasteiger partial charge on any atom is 0.237 e. The van der Waals surface area contributed by atoms with Crippen LogP contribution in [0.5, 0.6) is 5.75 Å². The number of benzene rings is 1. The maximum absolute atomic E-state index is 5.30. The molecule has 2 heterocycles. The molecule has 0 unspecified atom stereocenters. The van der Waals surface area contributed by atoms with E-state index in [0.29, 0.717) is 17.5 Å². The van der Waals surface area contributed by atoms with Gasteiger partial charge in [-0.15, -0.1) is 10.2 Å². The Hall–Kier alpha value is -2.13. The van der Waals surface area contributed by atoms with E-state index >= 15 is 0 Å². The third-order valence-corrected chi connectivity index (χ3v) is 5.05. The molecule has 1 aromatic carbocycles. The van der Waals surface area contributed by atoms with E-state index in [1.54, 1.807) is 7.11 Å². The lowest BCUT2D eigenvalue weighted by molar-refractivity contribution is 0.391. The van der Waals surface area contributed by atoms with Crippen molar-refractivity contribution in [3.63, 3.8) is 0 Å². The third kappa shape index (κ3) is 4.24. The van der Waals surface area contributed by atoms with Crippen LogP contribution in [0.15, 0.2) is 33.1 Å². The number of thioether (sulfide) groups is 1. The van der Waals surface area contributed by atoms with E-state index in [-0.39, 0.29) is 0 Å². The predicted molar refractivity (Wildman–Crippen MR) is 94.5 cm³/mol. The summed E-state index contributed by atoms with van der Waals surface area (Å²) in [4.78, 5) is 4.41. The van der Waals surface area contributed by atoms with Gasteiger partial charge >= 0.3 is 0 Å². The normalized spacial score (nSPS) is 10.8. The lowest BCUT2D eigenvalue weighted by Crippen LogP contribution is -1.98. The molecule has 7 nitrogen and oxygen atoms in total. The zero-order valence-electron chi connectivity index (χ0n) is 13.4. The van der Waals surface area contributed by atoms with Gasteiger partial charge in [0.1, 0.15) is 5.75 Å². The first-order chi connectivity index (χ1) is 11.8. The predicted octanol–water partition coefficient (Wildman–Crippen LogP) is 3.71. The van der Waals surface area contributed by atoms with Gasteiger partial charge in [-0.2, -0.15) is 4.98 Å². The Balaban J connectivity index is 1.60. The Morgan fingerprint density at radius 1 is 1.33 bits per heavy atom. The molecule has 0 atom stereocenters. The van der Waals surface area contributed by atoms with Crippen molar-refractivity contribution in [2.75, 3.05) is 19.0 Å². The number of hydrogen-bond donors (Lipinski definition) is 1. The number of ether oxygens (including phenoxy) is 1. The van der Waals surface area contributed by atoms with Gasteiger partial charge in [-0.05, 0) is 18.6 Å². The van der Waals surface area contributed by atoms with Crippen molar-refractivity contribution in [2.24, 2.45) is 0 Å². The zero-order valence-corrected chi connectivity index (χ0v) is 15.0. The Morgan fingerprint density at radius 3 is 3.08 bits per heavy atom. The summed E-state index contributed by atoms with van der Waals surface area (Å²) >= 11 is 3.05. The van der Waals surface area contributed by atoms with Gasteiger partial charge in [-0.1, -0.05) is 47.3 Å². The molecule has 0 fully saturated rings. The molecule has 9 heteroatoms. The molecule has 0 aliphatic carbocycles. The van der Waals surface area contributed by atoms with Crippen molar-refractivity contribution >= 4 is 28.2 Å². The average Bonchev–Trinajstić information content (AvgIpc) is 3.27. The van der Waals surface area contributed by atoms with Gasteiger partial charge < -0.3 is 14.6 Å². The van der Waals surface area contributed by atoms with Gasteiger partial charge in [0, 0.05) is 12.1 Å². The number of nitrogens with zero attached hydrogens (tertiary/aromatic N) is 4. The summed E-state index contributed by atoms with van der Waals surface area (Å²) in [7, 11) is 1.63. The van der Waals surface area contributed by atoms with Crippen LogP contribution in [-0.4, -0.2) is 34.0 Å². The number of methoxy groups -OCH3 is 1. The molecule has 0 aliphatic heterocycles. The number of anilines is 1. The minimum absolute atomic E-state index is 0.548. The van der Waals surface area contributed by atoms with Gasteiger partial charge in [0.05, 0.1) is 12.9 Å². The molecular weight excluding hydrogens is 346 g/mol. The van der Waals surface area contributed by atoms with E-state index in [9.17, 15) is 0 Å². The van der Waals surface area contributed by atoms with E-state index in [2.05, 4.69) is 32.6 Å². The third-order valence-electron chi connectivity index (χ3n) is 3.05. The quantitative estimate of drug-likeness (QED) is 0.606. The van der Waals surface area contributed by atoms with Crippen molar-refractivity contribution in [1.82, 2.24) is 20.3 Å². The second kappa shape index (κ2) is 8.11. The second-order valence-corrected chi connectivity index (χ2v) is 7.03. The number of hydrogen-bond acceptors (Lipinski definition) is 9. The summed E-state index contributed by atoms with van der Waals surface area (Å²) in [6, 6.07) is 7.56. The van der Waals surface area contributed by atoms with Crippen LogP contribution in [0, 0.1) is 0 Å². The van der Waals surface area contributed by atoms with Gasteiger partial charge in [-0.3, -0.25) is 0 Å².